The Balaban J connectivity index is 2.17. The van der Waals surface area contributed by atoms with Gasteiger partial charge in [-0.1, -0.05) is 13.8 Å². The molecule has 0 radical (unpaired) electrons. The molecule has 19 heavy (non-hydrogen) atoms. The summed E-state index contributed by atoms with van der Waals surface area (Å²) in [6.45, 7) is 8.13. The highest BCUT2D eigenvalue weighted by Gasteiger charge is 2.27. The van der Waals surface area contributed by atoms with Crippen LogP contribution in [0.4, 0.5) is 5.88 Å². The summed E-state index contributed by atoms with van der Waals surface area (Å²) in [5, 5.41) is 14.0. The fraction of sp³-hybridized carbons (Fsp3) is 0.692. The Labute approximate surface area is 112 Å². The summed E-state index contributed by atoms with van der Waals surface area (Å²) in [4.78, 5) is 12.6. The fourth-order valence-electron chi connectivity index (χ4n) is 2.50. The molecule has 1 aromatic heterocycles. The van der Waals surface area contributed by atoms with Gasteiger partial charge in [0.25, 0.3) is 0 Å². The molecule has 1 saturated heterocycles. The molecule has 0 bridgehead atoms. The second-order valence-electron chi connectivity index (χ2n) is 5.36. The second kappa shape index (κ2) is 6.16. The van der Waals surface area contributed by atoms with Gasteiger partial charge in [0.2, 0.25) is 0 Å². The highest BCUT2D eigenvalue weighted by atomic mass is 16.6. The molecular formula is C13H21N3O3. The Hall–Kier alpha value is -1.40. The third kappa shape index (κ3) is 3.54. The zero-order valence-corrected chi connectivity index (χ0v) is 11.5. The molecule has 2 rings (SSSR count). The van der Waals surface area contributed by atoms with Crippen LogP contribution >= 0.6 is 0 Å². The highest BCUT2D eigenvalue weighted by molar-refractivity contribution is 5.20. The molecule has 0 amide bonds. The summed E-state index contributed by atoms with van der Waals surface area (Å²) in [6, 6.07) is 3.33. The first kappa shape index (κ1) is 14.0. The van der Waals surface area contributed by atoms with Crippen molar-refractivity contribution in [3.8, 4) is 0 Å². The van der Waals surface area contributed by atoms with Crippen LogP contribution in [-0.4, -0.2) is 36.0 Å². The van der Waals surface area contributed by atoms with Crippen molar-refractivity contribution in [2.24, 2.45) is 5.92 Å². The summed E-state index contributed by atoms with van der Waals surface area (Å²) in [6.07, 6.45) is 0.949. The topological polar surface area (TPSA) is 71.5 Å². The Morgan fingerprint density at radius 2 is 2.11 bits per heavy atom. The number of hydrogen-bond donors (Lipinski definition) is 1. The molecule has 1 aliphatic rings. The van der Waals surface area contributed by atoms with Gasteiger partial charge in [-0.2, -0.15) is 0 Å². The van der Waals surface area contributed by atoms with Crippen LogP contribution in [0.3, 0.4) is 0 Å². The number of rotatable bonds is 5. The Kier molecular flexibility index (Phi) is 4.55. The van der Waals surface area contributed by atoms with Crippen molar-refractivity contribution in [2.75, 3.05) is 26.2 Å². The molecule has 6 nitrogen and oxygen atoms in total. The molecule has 1 atom stereocenters. The average molecular weight is 267 g/mol. The molecule has 0 aliphatic carbocycles. The number of nitrogens with zero attached hydrogens (tertiary/aromatic N) is 2. The number of nitrogens with one attached hydrogen (secondary N) is 1. The van der Waals surface area contributed by atoms with Crippen LogP contribution in [-0.2, 0) is 0 Å². The van der Waals surface area contributed by atoms with E-state index in [0.717, 1.165) is 32.6 Å². The van der Waals surface area contributed by atoms with Gasteiger partial charge in [-0.15, -0.1) is 0 Å². The lowest BCUT2D eigenvalue weighted by Gasteiger charge is -2.34. The second-order valence-corrected chi connectivity index (χ2v) is 5.36. The summed E-state index contributed by atoms with van der Waals surface area (Å²) < 4.78 is 5.40. The van der Waals surface area contributed by atoms with E-state index in [9.17, 15) is 10.1 Å². The van der Waals surface area contributed by atoms with Crippen molar-refractivity contribution in [1.29, 1.82) is 0 Å². The number of nitro groups is 1. The number of hydrogen-bond acceptors (Lipinski definition) is 5. The largest absolute Gasteiger partial charge is 0.433 e. The minimum atomic E-state index is -0.478. The predicted octanol–water partition coefficient (Wildman–Crippen LogP) is 2.18. The number of piperazine rings is 1. The third-order valence-corrected chi connectivity index (χ3v) is 3.41. The van der Waals surface area contributed by atoms with Gasteiger partial charge >= 0.3 is 5.88 Å². The lowest BCUT2D eigenvalue weighted by molar-refractivity contribution is -0.402. The molecule has 1 aliphatic heterocycles. The van der Waals surface area contributed by atoms with E-state index < -0.39 is 4.92 Å². The van der Waals surface area contributed by atoms with Crippen LogP contribution in [0, 0.1) is 16.0 Å². The van der Waals surface area contributed by atoms with E-state index in [1.54, 1.807) is 6.07 Å². The molecule has 1 N–H and O–H groups in total. The van der Waals surface area contributed by atoms with Crippen LogP contribution in [0.5, 0.6) is 0 Å². The van der Waals surface area contributed by atoms with E-state index in [1.807, 2.05) is 0 Å². The van der Waals surface area contributed by atoms with E-state index in [-0.39, 0.29) is 11.9 Å². The molecule has 0 spiro atoms. The SMILES string of the molecule is CC(C)C[C@@H](c1ccc([N+](=O)[O-])o1)N1CCNCC1. The van der Waals surface area contributed by atoms with Crippen molar-refractivity contribution in [3.05, 3.63) is 28.0 Å². The van der Waals surface area contributed by atoms with Gasteiger partial charge in [-0.25, -0.2) is 0 Å². The highest BCUT2D eigenvalue weighted by Crippen LogP contribution is 2.31. The fourth-order valence-corrected chi connectivity index (χ4v) is 2.50. The minimum Gasteiger partial charge on any atom is -0.404 e. The summed E-state index contributed by atoms with van der Waals surface area (Å²) >= 11 is 0. The van der Waals surface area contributed by atoms with E-state index in [1.165, 1.54) is 6.07 Å². The Morgan fingerprint density at radius 1 is 1.42 bits per heavy atom. The van der Waals surface area contributed by atoms with Gasteiger partial charge in [-0.3, -0.25) is 15.0 Å². The monoisotopic (exact) mass is 267 g/mol. The van der Waals surface area contributed by atoms with E-state index in [2.05, 4.69) is 24.1 Å². The van der Waals surface area contributed by atoms with Crippen molar-refractivity contribution in [1.82, 2.24) is 10.2 Å². The van der Waals surface area contributed by atoms with Crippen molar-refractivity contribution >= 4 is 5.88 Å². The van der Waals surface area contributed by atoms with Crippen LogP contribution in [0.15, 0.2) is 16.5 Å². The first-order valence-corrected chi connectivity index (χ1v) is 6.77. The van der Waals surface area contributed by atoms with Crippen molar-refractivity contribution < 1.29 is 9.34 Å². The van der Waals surface area contributed by atoms with Crippen molar-refractivity contribution in [2.45, 2.75) is 26.3 Å². The van der Waals surface area contributed by atoms with Gasteiger partial charge in [0.15, 0.2) is 0 Å². The normalized spacial score (nSPS) is 18.7. The van der Waals surface area contributed by atoms with E-state index in [0.29, 0.717) is 11.7 Å². The molecule has 1 fully saturated rings. The predicted molar refractivity (Wildman–Crippen MR) is 72.0 cm³/mol. The summed E-state index contributed by atoms with van der Waals surface area (Å²) in [5.41, 5.74) is 0. The lowest BCUT2D eigenvalue weighted by Crippen LogP contribution is -2.45. The van der Waals surface area contributed by atoms with Gasteiger partial charge in [0.1, 0.15) is 10.7 Å². The smallest absolute Gasteiger partial charge is 0.404 e. The number of furan rings is 1. The van der Waals surface area contributed by atoms with Crippen molar-refractivity contribution in [3.63, 3.8) is 0 Å². The summed E-state index contributed by atoms with van der Waals surface area (Å²) in [7, 11) is 0. The molecule has 6 heteroatoms. The quantitative estimate of drug-likeness (QED) is 0.654. The zero-order chi connectivity index (χ0) is 13.8. The molecule has 0 aromatic carbocycles. The maximum absolute atomic E-state index is 10.7. The molecule has 106 valence electrons. The summed E-state index contributed by atoms with van der Waals surface area (Å²) in [5.74, 6) is 1.06. The van der Waals surface area contributed by atoms with Crippen LogP contribution in [0.25, 0.3) is 0 Å². The zero-order valence-electron chi connectivity index (χ0n) is 11.5. The molecular weight excluding hydrogens is 246 g/mol. The van der Waals surface area contributed by atoms with E-state index >= 15 is 0 Å². The molecule has 1 aromatic rings. The maximum Gasteiger partial charge on any atom is 0.433 e. The standard InChI is InChI=1S/C13H21N3O3/c1-10(2)9-11(15-7-5-14-6-8-15)12-3-4-13(19-12)16(17)18/h3-4,10-11,14H,5-9H2,1-2H3/t11-/m0/s1. The molecule has 2 heterocycles. The first-order valence-electron chi connectivity index (χ1n) is 6.77. The Bertz CT molecular complexity index is 425. The van der Waals surface area contributed by atoms with Gasteiger partial charge in [0.05, 0.1) is 12.1 Å². The first-order chi connectivity index (χ1) is 9.08. The molecule has 0 saturated carbocycles. The Morgan fingerprint density at radius 3 is 2.63 bits per heavy atom. The minimum absolute atomic E-state index is 0.135. The third-order valence-electron chi connectivity index (χ3n) is 3.41. The van der Waals surface area contributed by atoms with Gasteiger partial charge in [0, 0.05) is 26.2 Å². The van der Waals surface area contributed by atoms with Gasteiger partial charge < -0.3 is 9.73 Å². The average Bonchev–Trinajstić information content (AvgIpc) is 2.86. The lowest BCUT2D eigenvalue weighted by atomic mass is 10.00. The van der Waals surface area contributed by atoms with Crippen LogP contribution in [0.2, 0.25) is 0 Å². The van der Waals surface area contributed by atoms with E-state index in [4.69, 9.17) is 4.42 Å². The van der Waals surface area contributed by atoms with Gasteiger partial charge in [-0.05, 0) is 18.4 Å². The maximum atomic E-state index is 10.7. The van der Waals surface area contributed by atoms with Crippen LogP contribution < -0.4 is 5.32 Å². The molecule has 0 unspecified atom stereocenters. The van der Waals surface area contributed by atoms with Crippen LogP contribution in [0.1, 0.15) is 32.1 Å².